The van der Waals surface area contributed by atoms with Crippen LogP contribution in [0.1, 0.15) is 33.8 Å². The highest BCUT2D eigenvalue weighted by Gasteiger charge is 2.07. The van der Waals surface area contributed by atoms with Gasteiger partial charge < -0.3 is 10.4 Å². The Morgan fingerprint density at radius 1 is 1.39 bits per heavy atom. The van der Waals surface area contributed by atoms with Gasteiger partial charge in [0.2, 0.25) is 0 Å². The molecule has 4 heteroatoms. The zero-order chi connectivity index (χ0) is 13.0. The monoisotopic (exact) mass is 261 g/mol. The maximum absolute atomic E-state index is 10.9. The predicted molar refractivity (Wildman–Crippen MR) is 73.0 cm³/mol. The summed E-state index contributed by atoms with van der Waals surface area (Å²) in [5, 5.41) is 14.4. The Kier molecular flexibility index (Phi) is 4.12. The van der Waals surface area contributed by atoms with E-state index < -0.39 is 5.97 Å². The predicted octanol–water partition coefficient (Wildman–Crippen LogP) is 3.30. The van der Waals surface area contributed by atoms with Crippen LogP contribution in [0.2, 0.25) is 0 Å². The van der Waals surface area contributed by atoms with Gasteiger partial charge in [-0.2, -0.15) is 0 Å². The summed E-state index contributed by atoms with van der Waals surface area (Å²) in [6, 6.07) is 11.4. The van der Waals surface area contributed by atoms with Crippen molar-refractivity contribution < 1.29 is 9.90 Å². The quantitative estimate of drug-likeness (QED) is 0.868. The molecule has 1 unspecified atom stereocenters. The highest BCUT2D eigenvalue weighted by molar-refractivity contribution is 7.10. The first-order valence-electron chi connectivity index (χ1n) is 5.76. The Labute approximate surface area is 110 Å². The molecule has 0 aliphatic heterocycles. The third-order valence-electron chi connectivity index (χ3n) is 2.76. The second-order valence-electron chi connectivity index (χ2n) is 4.12. The molecule has 1 aromatic carbocycles. The normalized spacial score (nSPS) is 12.3. The molecule has 0 saturated heterocycles. The van der Waals surface area contributed by atoms with E-state index in [9.17, 15) is 4.79 Å². The lowest BCUT2D eigenvalue weighted by molar-refractivity contribution is 0.0696. The highest BCUT2D eigenvalue weighted by Crippen LogP contribution is 2.18. The molecule has 94 valence electrons. The van der Waals surface area contributed by atoms with Gasteiger partial charge in [-0.15, -0.1) is 11.3 Å². The van der Waals surface area contributed by atoms with Gasteiger partial charge in [-0.3, -0.25) is 0 Å². The Morgan fingerprint density at radius 3 is 2.89 bits per heavy atom. The maximum atomic E-state index is 10.9. The van der Waals surface area contributed by atoms with E-state index in [-0.39, 0.29) is 6.04 Å². The average molecular weight is 261 g/mol. The topological polar surface area (TPSA) is 49.3 Å². The standard InChI is InChI=1S/C14H15NO2S/c1-10(13-6-3-7-18-13)15-9-11-4-2-5-12(8-11)14(16)17/h2-8,10,15H,9H2,1H3,(H,16,17). The first kappa shape index (κ1) is 12.8. The van der Waals surface area contributed by atoms with Crippen molar-refractivity contribution in [1.82, 2.24) is 5.32 Å². The fourth-order valence-electron chi connectivity index (χ4n) is 1.72. The molecule has 2 N–H and O–H groups in total. The summed E-state index contributed by atoms with van der Waals surface area (Å²) in [5.74, 6) is -0.886. The van der Waals surface area contributed by atoms with Gasteiger partial charge in [0.15, 0.2) is 0 Å². The zero-order valence-corrected chi connectivity index (χ0v) is 10.9. The number of hydrogen-bond donors (Lipinski definition) is 2. The Morgan fingerprint density at radius 2 is 2.22 bits per heavy atom. The van der Waals surface area contributed by atoms with Crippen LogP contribution in [-0.4, -0.2) is 11.1 Å². The van der Waals surface area contributed by atoms with Gasteiger partial charge >= 0.3 is 5.97 Å². The van der Waals surface area contributed by atoms with Crippen LogP contribution in [-0.2, 0) is 6.54 Å². The van der Waals surface area contributed by atoms with Crippen LogP contribution < -0.4 is 5.32 Å². The molecule has 1 heterocycles. The number of rotatable bonds is 5. The van der Waals surface area contributed by atoms with Gasteiger partial charge in [-0.05, 0) is 36.1 Å². The van der Waals surface area contributed by atoms with E-state index in [4.69, 9.17) is 5.11 Å². The second kappa shape index (κ2) is 5.80. The summed E-state index contributed by atoms with van der Waals surface area (Å²) < 4.78 is 0. The number of hydrogen-bond acceptors (Lipinski definition) is 3. The summed E-state index contributed by atoms with van der Waals surface area (Å²) in [7, 11) is 0. The van der Waals surface area contributed by atoms with Crippen molar-refractivity contribution in [3.05, 3.63) is 57.8 Å². The van der Waals surface area contributed by atoms with Gasteiger partial charge in [0, 0.05) is 17.5 Å². The minimum atomic E-state index is -0.886. The molecular formula is C14H15NO2S. The molecule has 0 aliphatic carbocycles. The van der Waals surface area contributed by atoms with Crippen LogP contribution in [0, 0.1) is 0 Å². The molecule has 0 fully saturated rings. The summed E-state index contributed by atoms with van der Waals surface area (Å²) in [6.45, 7) is 2.77. The van der Waals surface area contributed by atoms with E-state index in [1.54, 1.807) is 29.5 Å². The van der Waals surface area contributed by atoms with Crippen molar-refractivity contribution in [3.8, 4) is 0 Å². The van der Waals surface area contributed by atoms with Crippen molar-refractivity contribution in [2.24, 2.45) is 0 Å². The lowest BCUT2D eigenvalue weighted by Gasteiger charge is -2.12. The molecular weight excluding hydrogens is 246 g/mol. The molecule has 0 radical (unpaired) electrons. The molecule has 0 aliphatic rings. The lowest BCUT2D eigenvalue weighted by atomic mass is 10.1. The number of aromatic carboxylic acids is 1. The van der Waals surface area contributed by atoms with Crippen molar-refractivity contribution in [3.63, 3.8) is 0 Å². The van der Waals surface area contributed by atoms with Gasteiger partial charge in [0.25, 0.3) is 0 Å². The molecule has 2 aromatic rings. The van der Waals surface area contributed by atoms with Crippen molar-refractivity contribution >= 4 is 17.3 Å². The molecule has 0 spiro atoms. The molecule has 2 rings (SSSR count). The van der Waals surface area contributed by atoms with Crippen LogP contribution in [0.15, 0.2) is 41.8 Å². The van der Waals surface area contributed by atoms with Crippen LogP contribution in [0.25, 0.3) is 0 Å². The number of carboxylic acid groups (broad SMARTS) is 1. The van der Waals surface area contributed by atoms with Crippen molar-refractivity contribution in [1.29, 1.82) is 0 Å². The zero-order valence-electron chi connectivity index (χ0n) is 10.1. The second-order valence-corrected chi connectivity index (χ2v) is 5.10. The molecule has 18 heavy (non-hydrogen) atoms. The van der Waals surface area contributed by atoms with Crippen molar-refractivity contribution in [2.75, 3.05) is 0 Å². The molecule has 0 amide bonds. The summed E-state index contributed by atoms with van der Waals surface area (Å²) in [5.41, 5.74) is 1.32. The van der Waals surface area contributed by atoms with E-state index in [1.807, 2.05) is 12.1 Å². The number of thiophene rings is 1. The third-order valence-corrected chi connectivity index (χ3v) is 3.81. The lowest BCUT2D eigenvalue weighted by Crippen LogP contribution is -2.17. The Balaban J connectivity index is 1.98. The van der Waals surface area contributed by atoms with E-state index in [1.165, 1.54) is 4.88 Å². The van der Waals surface area contributed by atoms with E-state index in [2.05, 4.69) is 23.7 Å². The summed E-state index contributed by atoms with van der Waals surface area (Å²) in [6.07, 6.45) is 0. The van der Waals surface area contributed by atoms with Gasteiger partial charge in [0.1, 0.15) is 0 Å². The molecule has 3 nitrogen and oxygen atoms in total. The summed E-state index contributed by atoms with van der Waals surface area (Å²) in [4.78, 5) is 12.1. The SMILES string of the molecule is CC(NCc1cccc(C(=O)O)c1)c1cccs1. The molecule has 1 aromatic heterocycles. The van der Waals surface area contributed by atoms with Crippen molar-refractivity contribution in [2.45, 2.75) is 19.5 Å². The largest absolute Gasteiger partial charge is 0.478 e. The third kappa shape index (κ3) is 3.18. The number of carboxylic acids is 1. The van der Waals surface area contributed by atoms with Gasteiger partial charge in [-0.1, -0.05) is 18.2 Å². The summed E-state index contributed by atoms with van der Waals surface area (Å²) >= 11 is 1.72. The number of nitrogens with one attached hydrogen (secondary N) is 1. The Hall–Kier alpha value is -1.65. The molecule has 0 saturated carbocycles. The van der Waals surface area contributed by atoms with Gasteiger partial charge in [0.05, 0.1) is 5.56 Å². The fraction of sp³-hybridized carbons (Fsp3) is 0.214. The average Bonchev–Trinajstić information content (AvgIpc) is 2.90. The maximum Gasteiger partial charge on any atom is 0.335 e. The van der Waals surface area contributed by atoms with Crippen LogP contribution in [0.5, 0.6) is 0 Å². The van der Waals surface area contributed by atoms with Crippen LogP contribution in [0.3, 0.4) is 0 Å². The first-order valence-corrected chi connectivity index (χ1v) is 6.64. The smallest absolute Gasteiger partial charge is 0.335 e. The van der Waals surface area contributed by atoms with Crippen LogP contribution >= 0.6 is 11.3 Å². The van der Waals surface area contributed by atoms with E-state index in [0.29, 0.717) is 12.1 Å². The Bertz CT molecular complexity index is 522. The van der Waals surface area contributed by atoms with E-state index in [0.717, 1.165) is 5.56 Å². The molecule has 0 bridgehead atoms. The number of carbonyl (C=O) groups is 1. The minimum Gasteiger partial charge on any atom is -0.478 e. The van der Waals surface area contributed by atoms with Gasteiger partial charge in [-0.25, -0.2) is 4.79 Å². The first-order chi connectivity index (χ1) is 8.66. The van der Waals surface area contributed by atoms with E-state index >= 15 is 0 Å². The minimum absolute atomic E-state index is 0.276. The fourth-order valence-corrected chi connectivity index (χ4v) is 2.48. The number of benzene rings is 1. The molecule has 1 atom stereocenters. The van der Waals surface area contributed by atoms with Crippen LogP contribution in [0.4, 0.5) is 0 Å². The highest BCUT2D eigenvalue weighted by atomic mass is 32.1.